The lowest BCUT2D eigenvalue weighted by Crippen LogP contribution is -2.35. The summed E-state index contributed by atoms with van der Waals surface area (Å²) in [5, 5.41) is 3.55. The number of hydrogen-bond acceptors (Lipinski definition) is 1. The Morgan fingerprint density at radius 2 is 1.58 bits per heavy atom. The van der Waals surface area contributed by atoms with Gasteiger partial charge in [-0.2, -0.15) is 0 Å². The summed E-state index contributed by atoms with van der Waals surface area (Å²) >= 11 is 0. The van der Waals surface area contributed by atoms with E-state index in [9.17, 15) is 0 Å². The fraction of sp³-hybridized carbons (Fsp3) is 1.00. The summed E-state index contributed by atoms with van der Waals surface area (Å²) in [5.41, 5.74) is 0.602. The molecule has 1 heteroatoms. The second-order valence-electron chi connectivity index (χ2n) is 4.59. The molecule has 1 N–H and O–H groups in total. The lowest BCUT2D eigenvalue weighted by Gasteiger charge is -2.25. The van der Waals surface area contributed by atoms with Crippen LogP contribution >= 0.6 is 0 Å². The van der Waals surface area contributed by atoms with Gasteiger partial charge in [0.2, 0.25) is 0 Å². The van der Waals surface area contributed by atoms with Gasteiger partial charge < -0.3 is 5.32 Å². The summed E-state index contributed by atoms with van der Waals surface area (Å²) in [6.45, 7) is 0. The molecule has 0 aromatic heterocycles. The Morgan fingerprint density at radius 3 is 2.00 bits per heavy atom. The maximum absolute atomic E-state index is 3.55. The highest BCUT2D eigenvalue weighted by Crippen LogP contribution is 2.47. The van der Waals surface area contributed by atoms with Gasteiger partial charge in [0.25, 0.3) is 0 Å². The minimum Gasteiger partial charge on any atom is -0.314 e. The van der Waals surface area contributed by atoms with E-state index < -0.39 is 0 Å². The molecule has 0 aromatic carbocycles. The SMILES string of the molecule is CNC1(C2CCCCCC2)CC1. The van der Waals surface area contributed by atoms with Gasteiger partial charge in [-0.05, 0) is 38.6 Å². The molecule has 0 unspecified atom stereocenters. The highest BCUT2D eigenvalue weighted by molar-refractivity contribution is 5.05. The predicted octanol–water partition coefficient (Wildman–Crippen LogP) is 2.71. The van der Waals surface area contributed by atoms with Crippen molar-refractivity contribution >= 4 is 0 Å². The molecule has 2 rings (SSSR count). The molecule has 2 aliphatic rings. The molecule has 0 saturated heterocycles. The smallest absolute Gasteiger partial charge is 0.0208 e. The maximum Gasteiger partial charge on any atom is 0.0208 e. The zero-order valence-electron chi connectivity index (χ0n) is 8.23. The predicted molar refractivity (Wildman–Crippen MR) is 52.2 cm³/mol. The Labute approximate surface area is 75.9 Å². The topological polar surface area (TPSA) is 12.0 Å². The van der Waals surface area contributed by atoms with E-state index in [0.29, 0.717) is 5.54 Å². The molecule has 2 fully saturated rings. The van der Waals surface area contributed by atoms with Crippen LogP contribution in [0.4, 0.5) is 0 Å². The van der Waals surface area contributed by atoms with E-state index in [1.54, 1.807) is 0 Å². The first-order chi connectivity index (χ1) is 5.87. The van der Waals surface area contributed by atoms with Crippen molar-refractivity contribution in [1.82, 2.24) is 5.32 Å². The summed E-state index contributed by atoms with van der Waals surface area (Å²) in [6, 6.07) is 0. The van der Waals surface area contributed by atoms with Crippen LogP contribution < -0.4 is 5.32 Å². The van der Waals surface area contributed by atoms with Crippen LogP contribution in [0.3, 0.4) is 0 Å². The fourth-order valence-electron chi connectivity index (χ4n) is 2.83. The van der Waals surface area contributed by atoms with Crippen LogP contribution in [0.1, 0.15) is 51.4 Å². The van der Waals surface area contributed by atoms with E-state index in [2.05, 4.69) is 12.4 Å². The Hall–Kier alpha value is -0.0400. The molecule has 0 heterocycles. The van der Waals surface area contributed by atoms with Crippen LogP contribution in [0, 0.1) is 5.92 Å². The second kappa shape index (κ2) is 3.37. The minimum atomic E-state index is 0.602. The van der Waals surface area contributed by atoms with Crippen molar-refractivity contribution < 1.29 is 0 Å². The lowest BCUT2D eigenvalue weighted by atomic mass is 9.90. The normalized spacial score (nSPS) is 29.8. The van der Waals surface area contributed by atoms with Crippen LogP contribution in [-0.4, -0.2) is 12.6 Å². The Bertz CT molecular complexity index is 141. The van der Waals surface area contributed by atoms with Gasteiger partial charge in [-0.3, -0.25) is 0 Å². The molecule has 0 aliphatic heterocycles. The minimum absolute atomic E-state index is 0.602. The molecule has 0 atom stereocenters. The maximum atomic E-state index is 3.55. The second-order valence-corrected chi connectivity index (χ2v) is 4.59. The third kappa shape index (κ3) is 1.52. The van der Waals surface area contributed by atoms with Crippen LogP contribution in [-0.2, 0) is 0 Å². The van der Waals surface area contributed by atoms with Gasteiger partial charge in [0, 0.05) is 5.54 Å². The van der Waals surface area contributed by atoms with E-state index in [4.69, 9.17) is 0 Å². The number of nitrogens with one attached hydrogen (secondary N) is 1. The number of hydrogen-bond donors (Lipinski definition) is 1. The van der Waals surface area contributed by atoms with Gasteiger partial charge in [0.15, 0.2) is 0 Å². The van der Waals surface area contributed by atoms with Gasteiger partial charge in [0.1, 0.15) is 0 Å². The molecule has 1 nitrogen and oxygen atoms in total. The van der Waals surface area contributed by atoms with Crippen LogP contribution in [0.2, 0.25) is 0 Å². The fourth-order valence-corrected chi connectivity index (χ4v) is 2.83. The summed E-state index contributed by atoms with van der Waals surface area (Å²) in [5.74, 6) is 1.00. The average Bonchev–Trinajstić information content (AvgIpc) is 2.90. The van der Waals surface area contributed by atoms with Crippen molar-refractivity contribution in [2.75, 3.05) is 7.05 Å². The number of rotatable bonds is 2. The highest BCUT2D eigenvalue weighted by atomic mass is 15.0. The Balaban J connectivity index is 1.92. The van der Waals surface area contributed by atoms with E-state index >= 15 is 0 Å². The summed E-state index contributed by atoms with van der Waals surface area (Å²) < 4.78 is 0. The lowest BCUT2D eigenvalue weighted by molar-refractivity contribution is 0.316. The average molecular weight is 167 g/mol. The van der Waals surface area contributed by atoms with Crippen molar-refractivity contribution in [3.63, 3.8) is 0 Å². The molecule has 0 bridgehead atoms. The standard InChI is InChI=1S/C11H21N/c1-12-11(8-9-11)10-6-4-2-3-5-7-10/h10,12H,2-9H2,1H3. The van der Waals surface area contributed by atoms with Crippen molar-refractivity contribution in [2.45, 2.75) is 56.9 Å². The largest absolute Gasteiger partial charge is 0.314 e. The van der Waals surface area contributed by atoms with Crippen molar-refractivity contribution in [1.29, 1.82) is 0 Å². The highest BCUT2D eigenvalue weighted by Gasteiger charge is 2.47. The zero-order chi connectivity index (χ0) is 8.44. The Kier molecular flexibility index (Phi) is 2.40. The third-order valence-corrected chi connectivity index (χ3v) is 3.92. The molecular weight excluding hydrogens is 146 g/mol. The quantitative estimate of drug-likeness (QED) is 0.623. The van der Waals surface area contributed by atoms with E-state index in [1.807, 2.05) is 0 Å². The first kappa shape index (κ1) is 8.55. The van der Waals surface area contributed by atoms with E-state index in [1.165, 1.54) is 51.4 Å². The van der Waals surface area contributed by atoms with Crippen LogP contribution in [0.5, 0.6) is 0 Å². The van der Waals surface area contributed by atoms with Gasteiger partial charge in [0.05, 0.1) is 0 Å². The first-order valence-corrected chi connectivity index (χ1v) is 5.56. The van der Waals surface area contributed by atoms with Gasteiger partial charge in [-0.1, -0.05) is 25.7 Å². The molecule has 2 saturated carbocycles. The van der Waals surface area contributed by atoms with Crippen molar-refractivity contribution in [2.24, 2.45) is 5.92 Å². The Morgan fingerprint density at radius 1 is 1.00 bits per heavy atom. The summed E-state index contributed by atoms with van der Waals surface area (Å²) in [4.78, 5) is 0. The molecule has 0 spiro atoms. The summed E-state index contributed by atoms with van der Waals surface area (Å²) in [6.07, 6.45) is 11.8. The first-order valence-electron chi connectivity index (χ1n) is 5.56. The van der Waals surface area contributed by atoms with Crippen LogP contribution in [0.15, 0.2) is 0 Å². The van der Waals surface area contributed by atoms with E-state index in [-0.39, 0.29) is 0 Å². The van der Waals surface area contributed by atoms with Crippen LogP contribution in [0.25, 0.3) is 0 Å². The van der Waals surface area contributed by atoms with E-state index in [0.717, 1.165) is 5.92 Å². The molecule has 12 heavy (non-hydrogen) atoms. The molecule has 70 valence electrons. The van der Waals surface area contributed by atoms with Gasteiger partial charge in [-0.25, -0.2) is 0 Å². The third-order valence-electron chi connectivity index (χ3n) is 3.92. The summed E-state index contributed by atoms with van der Waals surface area (Å²) in [7, 11) is 2.15. The van der Waals surface area contributed by atoms with Gasteiger partial charge >= 0.3 is 0 Å². The molecular formula is C11H21N. The van der Waals surface area contributed by atoms with Crippen molar-refractivity contribution in [3.05, 3.63) is 0 Å². The molecule has 0 aromatic rings. The zero-order valence-corrected chi connectivity index (χ0v) is 8.23. The molecule has 0 amide bonds. The molecule has 0 radical (unpaired) electrons. The molecule has 2 aliphatic carbocycles. The van der Waals surface area contributed by atoms with Crippen molar-refractivity contribution in [3.8, 4) is 0 Å². The monoisotopic (exact) mass is 167 g/mol. The van der Waals surface area contributed by atoms with Gasteiger partial charge in [-0.15, -0.1) is 0 Å².